The predicted octanol–water partition coefficient (Wildman–Crippen LogP) is 2.35. The fourth-order valence-electron chi connectivity index (χ4n) is 2.10. The number of hydrogen-bond acceptors (Lipinski definition) is 5. The summed E-state index contributed by atoms with van der Waals surface area (Å²) in [6.45, 7) is 0.317. The van der Waals surface area contributed by atoms with Crippen LogP contribution in [0, 0.1) is 0 Å². The number of hydrogen-bond donors (Lipinski definition) is 2. The van der Waals surface area contributed by atoms with Crippen molar-refractivity contribution in [2.45, 2.75) is 6.54 Å². The van der Waals surface area contributed by atoms with Gasteiger partial charge in [-0.05, 0) is 17.7 Å². The first kappa shape index (κ1) is 16.5. The first-order chi connectivity index (χ1) is 11.1. The Morgan fingerprint density at radius 3 is 2.22 bits per heavy atom. The summed E-state index contributed by atoms with van der Waals surface area (Å²) in [5.41, 5.74) is 0.980. The van der Waals surface area contributed by atoms with E-state index in [-0.39, 0.29) is 17.1 Å². The highest BCUT2D eigenvalue weighted by Crippen LogP contribution is 2.33. The van der Waals surface area contributed by atoms with Gasteiger partial charge in [0.2, 0.25) is 0 Å². The zero-order chi connectivity index (χ0) is 16.8. The normalized spacial score (nSPS) is 10.0. The van der Waals surface area contributed by atoms with Gasteiger partial charge < -0.3 is 24.6 Å². The third-order valence-electron chi connectivity index (χ3n) is 3.35. The maximum atomic E-state index is 12.3. The summed E-state index contributed by atoms with van der Waals surface area (Å²) < 4.78 is 15.3. The lowest BCUT2D eigenvalue weighted by Gasteiger charge is -2.13. The van der Waals surface area contributed by atoms with Gasteiger partial charge in [-0.1, -0.05) is 12.1 Å². The molecule has 0 bridgehead atoms. The monoisotopic (exact) mass is 317 g/mol. The van der Waals surface area contributed by atoms with Crippen LogP contribution in [0.25, 0.3) is 0 Å². The first-order valence-corrected chi connectivity index (χ1v) is 6.95. The summed E-state index contributed by atoms with van der Waals surface area (Å²) >= 11 is 0. The minimum Gasteiger partial charge on any atom is -0.507 e. The Labute approximate surface area is 134 Å². The van der Waals surface area contributed by atoms with E-state index in [4.69, 9.17) is 14.2 Å². The molecule has 0 spiro atoms. The topological polar surface area (TPSA) is 77.0 Å². The number of aromatic hydroxyl groups is 1. The molecule has 23 heavy (non-hydrogen) atoms. The van der Waals surface area contributed by atoms with Crippen molar-refractivity contribution in [3.63, 3.8) is 0 Å². The van der Waals surface area contributed by atoms with E-state index in [1.807, 2.05) is 24.3 Å². The minimum atomic E-state index is -0.433. The van der Waals surface area contributed by atoms with Gasteiger partial charge in [0.25, 0.3) is 5.91 Å². The Morgan fingerprint density at radius 1 is 1.00 bits per heavy atom. The van der Waals surface area contributed by atoms with E-state index in [1.165, 1.54) is 20.3 Å². The molecule has 6 heteroatoms. The maximum absolute atomic E-state index is 12.3. The number of benzene rings is 2. The smallest absolute Gasteiger partial charge is 0.259 e. The predicted molar refractivity (Wildman–Crippen MR) is 85.4 cm³/mol. The van der Waals surface area contributed by atoms with E-state index >= 15 is 0 Å². The molecular formula is C17H19NO5. The summed E-state index contributed by atoms with van der Waals surface area (Å²) in [4.78, 5) is 12.3. The standard InChI is InChI=1S/C17H19NO5/c1-21-12-6-4-11(5-7-12)10-18-17(20)16-14(19)8-13(22-2)9-15(16)23-3/h4-9,19H,10H2,1-3H3,(H,18,20). The summed E-state index contributed by atoms with van der Waals surface area (Å²) in [6, 6.07) is 10.2. The van der Waals surface area contributed by atoms with Gasteiger partial charge in [0.05, 0.1) is 21.3 Å². The average Bonchev–Trinajstić information content (AvgIpc) is 2.59. The number of rotatable bonds is 6. The van der Waals surface area contributed by atoms with E-state index in [0.29, 0.717) is 12.3 Å². The zero-order valence-electron chi connectivity index (χ0n) is 13.3. The highest BCUT2D eigenvalue weighted by molar-refractivity contribution is 5.99. The number of nitrogens with one attached hydrogen (secondary N) is 1. The largest absolute Gasteiger partial charge is 0.507 e. The van der Waals surface area contributed by atoms with Crippen molar-refractivity contribution in [1.82, 2.24) is 5.32 Å². The van der Waals surface area contributed by atoms with Gasteiger partial charge in [0, 0.05) is 18.7 Å². The Hall–Kier alpha value is -2.89. The van der Waals surface area contributed by atoms with Crippen LogP contribution in [0.3, 0.4) is 0 Å². The van der Waals surface area contributed by atoms with E-state index in [0.717, 1.165) is 11.3 Å². The second-order valence-corrected chi connectivity index (χ2v) is 4.75. The molecule has 0 aliphatic heterocycles. The molecular weight excluding hydrogens is 298 g/mol. The quantitative estimate of drug-likeness (QED) is 0.855. The van der Waals surface area contributed by atoms with Crippen molar-refractivity contribution in [2.75, 3.05) is 21.3 Å². The molecule has 0 radical (unpaired) electrons. The first-order valence-electron chi connectivity index (χ1n) is 6.95. The summed E-state index contributed by atoms with van der Waals surface area (Å²) in [5.74, 6) is 0.765. The molecule has 2 N–H and O–H groups in total. The molecule has 0 aromatic heterocycles. The second-order valence-electron chi connectivity index (χ2n) is 4.75. The fourth-order valence-corrected chi connectivity index (χ4v) is 2.10. The van der Waals surface area contributed by atoms with Crippen molar-refractivity contribution >= 4 is 5.91 Å². The van der Waals surface area contributed by atoms with Gasteiger partial charge in [-0.25, -0.2) is 0 Å². The van der Waals surface area contributed by atoms with Gasteiger partial charge in [-0.15, -0.1) is 0 Å². The van der Waals surface area contributed by atoms with Crippen molar-refractivity contribution in [1.29, 1.82) is 0 Å². The highest BCUT2D eigenvalue weighted by atomic mass is 16.5. The van der Waals surface area contributed by atoms with Gasteiger partial charge in [0.15, 0.2) is 0 Å². The number of phenols is 1. The SMILES string of the molecule is COc1ccc(CNC(=O)c2c(O)cc(OC)cc2OC)cc1. The van der Waals surface area contributed by atoms with Crippen molar-refractivity contribution in [2.24, 2.45) is 0 Å². The highest BCUT2D eigenvalue weighted by Gasteiger charge is 2.19. The number of amides is 1. The molecule has 2 aromatic carbocycles. The third-order valence-corrected chi connectivity index (χ3v) is 3.35. The van der Waals surface area contributed by atoms with Crippen molar-refractivity contribution in [3.8, 4) is 23.0 Å². The average molecular weight is 317 g/mol. The van der Waals surface area contributed by atoms with E-state index < -0.39 is 5.91 Å². The lowest BCUT2D eigenvalue weighted by Crippen LogP contribution is -2.23. The van der Waals surface area contributed by atoms with Gasteiger partial charge in [-0.3, -0.25) is 4.79 Å². The molecule has 6 nitrogen and oxygen atoms in total. The van der Waals surface area contributed by atoms with Crippen LogP contribution in [0.1, 0.15) is 15.9 Å². The molecule has 0 heterocycles. The Bertz CT molecular complexity index is 682. The second kappa shape index (κ2) is 7.40. The summed E-state index contributed by atoms with van der Waals surface area (Å²) in [6.07, 6.45) is 0. The number of carbonyl (C=O) groups excluding carboxylic acids is 1. The minimum absolute atomic E-state index is 0.0711. The molecule has 0 aliphatic carbocycles. The number of carbonyl (C=O) groups is 1. The summed E-state index contributed by atoms with van der Waals surface area (Å²) in [5, 5.41) is 12.8. The van der Waals surface area contributed by atoms with E-state index in [1.54, 1.807) is 13.2 Å². The molecule has 2 rings (SSSR count). The zero-order valence-corrected chi connectivity index (χ0v) is 13.3. The third kappa shape index (κ3) is 3.85. The lowest BCUT2D eigenvalue weighted by molar-refractivity contribution is 0.0945. The van der Waals surface area contributed by atoms with Crippen molar-refractivity contribution < 1.29 is 24.1 Å². The number of methoxy groups -OCH3 is 3. The number of phenolic OH excluding ortho intramolecular Hbond substituents is 1. The fraction of sp³-hybridized carbons (Fsp3) is 0.235. The van der Waals surface area contributed by atoms with Crippen LogP contribution in [-0.4, -0.2) is 32.3 Å². The van der Waals surface area contributed by atoms with E-state index in [9.17, 15) is 9.90 Å². The Kier molecular flexibility index (Phi) is 5.30. The van der Waals surface area contributed by atoms with Crippen molar-refractivity contribution in [3.05, 3.63) is 47.5 Å². The molecule has 0 saturated heterocycles. The maximum Gasteiger partial charge on any atom is 0.259 e. The van der Waals surface area contributed by atoms with Gasteiger partial charge in [0.1, 0.15) is 28.6 Å². The molecule has 0 saturated carbocycles. The summed E-state index contributed by atoms with van der Waals surface area (Å²) in [7, 11) is 4.49. The molecule has 0 aliphatic rings. The molecule has 2 aromatic rings. The molecule has 1 amide bonds. The van der Waals surface area contributed by atoms with E-state index in [2.05, 4.69) is 5.32 Å². The number of ether oxygens (including phenoxy) is 3. The molecule has 0 fully saturated rings. The lowest BCUT2D eigenvalue weighted by atomic mass is 10.1. The van der Waals surface area contributed by atoms with Crippen LogP contribution in [-0.2, 0) is 6.54 Å². The molecule has 122 valence electrons. The van der Waals surface area contributed by atoms with Crippen LogP contribution < -0.4 is 19.5 Å². The Morgan fingerprint density at radius 2 is 1.65 bits per heavy atom. The molecule has 0 atom stereocenters. The van der Waals surface area contributed by atoms with Gasteiger partial charge >= 0.3 is 0 Å². The van der Waals surface area contributed by atoms with Crippen LogP contribution in [0.2, 0.25) is 0 Å². The molecule has 0 unspecified atom stereocenters. The Balaban J connectivity index is 2.13. The van der Waals surface area contributed by atoms with Crippen LogP contribution in [0.4, 0.5) is 0 Å². The van der Waals surface area contributed by atoms with Gasteiger partial charge in [-0.2, -0.15) is 0 Å². The van der Waals surface area contributed by atoms with Crippen LogP contribution >= 0.6 is 0 Å². The van der Waals surface area contributed by atoms with Crippen LogP contribution in [0.5, 0.6) is 23.0 Å². The van der Waals surface area contributed by atoms with Crippen LogP contribution in [0.15, 0.2) is 36.4 Å².